The fourth-order valence-corrected chi connectivity index (χ4v) is 2.17. The molecule has 0 aliphatic heterocycles. The van der Waals surface area contributed by atoms with Gasteiger partial charge in [-0.2, -0.15) is 0 Å². The van der Waals surface area contributed by atoms with E-state index >= 15 is 0 Å². The smallest absolute Gasteiger partial charge is 0.125 e. The molecular weight excluding hydrogens is 214 g/mol. The molecule has 1 aromatic rings. The van der Waals surface area contributed by atoms with E-state index in [2.05, 4.69) is 24.1 Å². The van der Waals surface area contributed by atoms with E-state index in [1.54, 1.807) is 0 Å². The van der Waals surface area contributed by atoms with Crippen molar-refractivity contribution in [3.63, 3.8) is 0 Å². The van der Waals surface area contributed by atoms with Crippen molar-refractivity contribution in [2.45, 2.75) is 39.2 Å². The van der Waals surface area contributed by atoms with Crippen LogP contribution < -0.4 is 5.32 Å². The molecule has 0 fully saturated rings. The highest BCUT2D eigenvalue weighted by atomic mass is 16.3. The Kier molecular flexibility index (Phi) is 6.22. The Labute approximate surface area is 104 Å². The Balaban J connectivity index is 2.40. The average molecular weight is 239 g/mol. The van der Waals surface area contributed by atoms with Crippen LogP contribution in [-0.2, 0) is 7.05 Å². The van der Waals surface area contributed by atoms with Crippen molar-refractivity contribution in [2.24, 2.45) is 13.0 Å². The van der Waals surface area contributed by atoms with Crippen LogP contribution in [0, 0.1) is 5.92 Å². The van der Waals surface area contributed by atoms with Gasteiger partial charge in [-0.3, -0.25) is 0 Å². The molecule has 1 rings (SSSR count). The van der Waals surface area contributed by atoms with Crippen molar-refractivity contribution in [1.29, 1.82) is 0 Å². The SMILES string of the molecule is CCCC(CCO)CNC(C)c1nccn1C. The fourth-order valence-electron chi connectivity index (χ4n) is 2.17. The Morgan fingerprint density at radius 2 is 2.24 bits per heavy atom. The highest BCUT2D eigenvalue weighted by molar-refractivity contribution is 4.96. The minimum atomic E-state index is 0.257. The number of hydrogen-bond donors (Lipinski definition) is 2. The molecule has 0 aromatic carbocycles. The van der Waals surface area contributed by atoms with E-state index in [1.807, 2.05) is 24.0 Å². The van der Waals surface area contributed by atoms with Gasteiger partial charge >= 0.3 is 0 Å². The second kappa shape index (κ2) is 7.45. The normalized spacial score (nSPS) is 14.8. The Morgan fingerprint density at radius 3 is 2.76 bits per heavy atom. The summed E-state index contributed by atoms with van der Waals surface area (Å²) in [6.45, 7) is 5.54. The maximum absolute atomic E-state index is 9.01. The molecule has 0 radical (unpaired) electrons. The number of aromatic nitrogens is 2. The second-order valence-corrected chi connectivity index (χ2v) is 4.69. The van der Waals surface area contributed by atoms with Crippen molar-refractivity contribution in [1.82, 2.24) is 14.9 Å². The lowest BCUT2D eigenvalue weighted by Gasteiger charge is -2.19. The molecule has 0 aliphatic carbocycles. The molecular formula is C13H25N3O. The molecule has 0 spiro atoms. The minimum Gasteiger partial charge on any atom is -0.396 e. The number of aliphatic hydroxyl groups is 1. The van der Waals surface area contributed by atoms with Gasteiger partial charge in [-0.1, -0.05) is 13.3 Å². The first-order valence-corrected chi connectivity index (χ1v) is 6.50. The highest BCUT2D eigenvalue weighted by Crippen LogP contribution is 2.13. The molecule has 2 atom stereocenters. The van der Waals surface area contributed by atoms with Gasteiger partial charge in [-0.25, -0.2) is 4.98 Å². The number of rotatable bonds is 8. The van der Waals surface area contributed by atoms with E-state index in [0.29, 0.717) is 5.92 Å². The zero-order valence-electron chi connectivity index (χ0n) is 11.2. The quantitative estimate of drug-likeness (QED) is 0.728. The standard InChI is InChI=1S/C13H25N3O/c1-4-5-12(6-9-17)10-15-11(2)13-14-7-8-16(13)3/h7-8,11-12,15,17H,4-6,9-10H2,1-3H3. The summed E-state index contributed by atoms with van der Waals surface area (Å²) >= 11 is 0. The maximum Gasteiger partial charge on any atom is 0.125 e. The number of nitrogens with zero attached hydrogens (tertiary/aromatic N) is 2. The van der Waals surface area contributed by atoms with E-state index < -0.39 is 0 Å². The lowest BCUT2D eigenvalue weighted by molar-refractivity contribution is 0.245. The topological polar surface area (TPSA) is 50.1 Å². The lowest BCUT2D eigenvalue weighted by atomic mass is 10.00. The van der Waals surface area contributed by atoms with E-state index in [-0.39, 0.29) is 12.6 Å². The summed E-state index contributed by atoms with van der Waals surface area (Å²) in [7, 11) is 2.01. The van der Waals surface area contributed by atoms with Crippen LogP contribution in [0.1, 0.15) is 45.0 Å². The summed E-state index contributed by atoms with van der Waals surface area (Å²) in [6.07, 6.45) is 7.01. The van der Waals surface area contributed by atoms with Crippen molar-refractivity contribution in [2.75, 3.05) is 13.2 Å². The lowest BCUT2D eigenvalue weighted by Crippen LogP contribution is -2.28. The Morgan fingerprint density at radius 1 is 1.47 bits per heavy atom. The average Bonchev–Trinajstić information content (AvgIpc) is 2.72. The molecule has 2 N–H and O–H groups in total. The van der Waals surface area contributed by atoms with E-state index in [1.165, 1.54) is 12.8 Å². The summed E-state index contributed by atoms with van der Waals surface area (Å²) in [4.78, 5) is 4.34. The third-order valence-electron chi connectivity index (χ3n) is 3.19. The molecule has 1 heterocycles. The van der Waals surface area contributed by atoms with Crippen molar-refractivity contribution < 1.29 is 5.11 Å². The Hall–Kier alpha value is -0.870. The summed E-state index contributed by atoms with van der Waals surface area (Å²) in [6, 6.07) is 0.257. The van der Waals surface area contributed by atoms with E-state index in [9.17, 15) is 0 Å². The van der Waals surface area contributed by atoms with Crippen LogP contribution in [0.4, 0.5) is 0 Å². The molecule has 0 saturated carbocycles. The summed E-state index contributed by atoms with van der Waals surface area (Å²) in [5.74, 6) is 1.62. The number of nitrogens with one attached hydrogen (secondary N) is 1. The molecule has 0 bridgehead atoms. The van der Waals surface area contributed by atoms with Crippen LogP contribution in [0.15, 0.2) is 12.4 Å². The summed E-state index contributed by atoms with van der Waals surface area (Å²) in [5, 5.41) is 12.5. The second-order valence-electron chi connectivity index (χ2n) is 4.69. The first-order chi connectivity index (χ1) is 8.19. The molecule has 4 nitrogen and oxygen atoms in total. The number of hydrogen-bond acceptors (Lipinski definition) is 3. The van der Waals surface area contributed by atoms with Gasteiger partial charge in [0.25, 0.3) is 0 Å². The summed E-state index contributed by atoms with van der Waals surface area (Å²) in [5.41, 5.74) is 0. The molecule has 2 unspecified atom stereocenters. The molecule has 17 heavy (non-hydrogen) atoms. The van der Waals surface area contributed by atoms with Crippen LogP contribution >= 0.6 is 0 Å². The third kappa shape index (κ3) is 4.48. The number of aliphatic hydroxyl groups excluding tert-OH is 1. The first-order valence-electron chi connectivity index (χ1n) is 6.50. The Bertz CT molecular complexity index is 305. The number of aryl methyl sites for hydroxylation is 1. The fraction of sp³-hybridized carbons (Fsp3) is 0.769. The van der Waals surface area contributed by atoms with Crippen LogP contribution in [0.5, 0.6) is 0 Å². The summed E-state index contributed by atoms with van der Waals surface area (Å²) < 4.78 is 2.04. The maximum atomic E-state index is 9.01. The van der Waals surface area contributed by atoms with Gasteiger partial charge in [-0.15, -0.1) is 0 Å². The van der Waals surface area contributed by atoms with Gasteiger partial charge in [0.1, 0.15) is 5.82 Å². The van der Waals surface area contributed by atoms with Gasteiger partial charge < -0.3 is 15.0 Å². The predicted molar refractivity (Wildman–Crippen MR) is 69.7 cm³/mol. The zero-order valence-corrected chi connectivity index (χ0v) is 11.2. The van der Waals surface area contributed by atoms with Crippen LogP contribution in [-0.4, -0.2) is 27.8 Å². The largest absolute Gasteiger partial charge is 0.396 e. The molecule has 0 amide bonds. The molecule has 1 aromatic heterocycles. The number of imidazole rings is 1. The van der Waals surface area contributed by atoms with Gasteiger partial charge in [0, 0.05) is 26.0 Å². The van der Waals surface area contributed by atoms with Gasteiger partial charge in [-0.05, 0) is 32.2 Å². The van der Waals surface area contributed by atoms with Crippen LogP contribution in [0.25, 0.3) is 0 Å². The van der Waals surface area contributed by atoms with Crippen molar-refractivity contribution >= 4 is 0 Å². The van der Waals surface area contributed by atoms with E-state index in [0.717, 1.165) is 18.8 Å². The molecule has 0 saturated heterocycles. The van der Waals surface area contributed by atoms with Crippen molar-refractivity contribution in [3.05, 3.63) is 18.2 Å². The molecule has 0 aliphatic rings. The van der Waals surface area contributed by atoms with Gasteiger partial charge in [0.2, 0.25) is 0 Å². The van der Waals surface area contributed by atoms with Gasteiger partial charge in [0.05, 0.1) is 6.04 Å². The van der Waals surface area contributed by atoms with E-state index in [4.69, 9.17) is 5.11 Å². The minimum absolute atomic E-state index is 0.257. The van der Waals surface area contributed by atoms with Crippen LogP contribution in [0.3, 0.4) is 0 Å². The highest BCUT2D eigenvalue weighted by Gasteiger charge is 2.12. The molecule has 98 valence electrons. The molecule has 4 heteroatoms. The van der Waals surface area contributed by atoms with Gasteiger partial charge in [0.15, 0.2) is 0 Å². The predicted octanol–water partition coefficient (Wildman–Crippen LogP) is 1.87. The first kappa shape index (κ1) is 14.2. The monoisotopic (exact) mass is 239 g/mol. The van der Waals surface area contributed by atoms with Crippen LogP contribution in [0.2, 0.25) is 0 Å². The van der Waals surface area contributed by atoms with Crippen molar-refractivity contribution in [3.8, 4) is 0 Å². The third-order valence-corrected chi connectivity index (χ3v) is 3.19. The zero-order chi connectivity index (χ0) is 12.7.